The molecule has 0 nitrogen and oxygen atoms in total. The molecule has 9 aromatic rings. The third-order valence-electron chi connectivity index (χ3n) is 11.5. The van der Waals surface area contributed by atoms with Crippen LogP contribution in [0.5, 0.6) is 0 Å². The van der Waals surface area contributed by atoms with Gasteiger partial charge in [-0.1, -0.05) is 205 Å². The predicted octanol–water partition coefficient (Wildman–Crippen LogP) is 15.0. The first-order valence-corrected chi connectivity index (χ1v) is 20.0. The minimum atomic E-state index is 0.883. The summed E-state index contributed by atoms with van der Waals surface area (Å²) >= 11 is 0. The van der Waals surface area contributed by atoms with Gasteiger partial charge in [-0.3, -0.25) is 0 Å². The highest BCUT2D eigenvalue weighted by Crippen LogP contribution is 2.35. The van der Waals surface area contributed by atoms with Crippen LogP contribution in [0.15, 0.2) is 206 Å². The van der Waals surface area contributed by atoms with Gasteiger partial charge in [0.05, 0.1) is 0 Å². The number of hydrogen-bond acceptors (Lipinski definition) is 0. The quantitative estimate of drug-likeness (QED) is 0.136. The van der Waals surface area contributed by atoms with Gasteiger partial charge in [-0.15, -0.1) is 6.42 Å². The fourth-order valence-corrected chi connectivity index (χ4v) is 8.06. The van der Waals surface area contributed by atoms with E-state index >= 15 is 0 Å². The van der Waals surface area contributed by atoms with E-state index in [-0.39, 0.29) is 0 Å². The largest absolute Gasteiger partial charge is 0.115 e. The van der Waals surface area contributed by atoms with Gasteiger partial charge in [0, 0.05) is 16.7 Å². The Balaban J connectivity index is 1.06. The van der Waals surface area contributed by atoms with Gasteiger partial charge in [-0.05, 0) is 120 Å². The molecule has 0 amide bonds. The fourth-order valence-electron chi connectivity index (χ4n) is 8.06. The van der Waals surface area contributed by atoms with Gasteiger partial charge in [0.15, 0.2) is 0 Å². The van der Waals surface area contributed by atoms with Gasteiger partial charge in [0.2, 0.25) is 0 Å². The molecule has 22 aliphatic carbocycles. The lowest BCUT2D eigenvalue weighted by Gasteiger charge is -2.12. The van der Waals surface area contributed by atoms with Crippen molar-refractivity contribution in [1.82, 2.24) is 0 Å². The zero-order chi connectivity index (χ0) is 39.7. The van der Waals surface area contributed by atoms with Crippen molar-refractivity contribution in [3.63, 3.8) is 0 Å². The molecule has 274 valence electrons. The molecule has 0 radical (unpaired) electrons. The molecule has 22 aliphatic rings. The van der Waals surface area contributed by atoms with E-state index in [0.29, 0.717) is 0 Å². The van der Waals surface area contributed by atoms with Crippen molar-refractivity contribution in [2.75, 3.05) is 0 Å². The summed E-state index contributed by atoms with van der Waals surface area (Å²) in [5, 5.41) is 0. The number of aryl methyl sites for hydroxylation is 1. The minimum Gasteiger partial charge on any atom is -0.115 e. The van der Waals surface area contributed by atoms with E-state index in [1.165, 1.54) is 44.5 Å². The maximum atomic E-state index is 6.10. The molecule has 0 atom stereocenters. The Morgan fingerprint density at radius 1 is 0.271 bits per heavy atom. The van der Waals surface area contributed by atoms with Crippen molar-refractivity contribution < 1.29 is 0 Å². The highest BCUT2D eigenvalue weighted by molar-refractivity contribution is 5.82. The SMILES string of the molecule is C#Cc1cc2ccc1-c1ccc(cc1)-c1ccc(cc1)-c1ccc(cc1)-c1ccc(c(C#Cc3ccc(C)cc3)c1)-c1ccc(cc1)-c1ccc(cc1)-c1ccc-2cc1. The third-order valence-corrected chi connectivity index (χ3v) is 11.5. The van der Waals surface area contributed by atoms with E-state index in [4.69, 9.17) is 6.42 Å². The summed E-state index contributed by atoms with van der Waals surface area (Å²) in [4.78, 5) is 0. The van der Waals surface area contributed by atoms with Crippen molar-refractivity contribution in [2.24, 2.45) is 0 Å². The number of terminal acetylenes is 1. The average molecular weight is 747 g/mol. The van der Waals surface area contributed by atoms with Gasteiger partial charge in [-0.2, -0.15) is 0 Å². The fraction of sp³-hybridized carbons (Fsp3) is 0.0169. The van der Waals surface area contributed by atoms with E-state index in [1.807, 2.05) is 0 Å². The van der Waals surface area contributed by atoms with Crippen LogP contribution in [0.25, 0.3) is 89.0 Å². The van der Waals surface area contributed by atoms with Crippen molar-refractivity contribution in [1.29, 1.82) is 0 Å². The van der Waals surface area contributed by atoms with Crippen molar-refractivity contribution in [3.05, 3.63) is 229 Å². The second kappa shape index (κ2) is 15.2. The summed E-state index contributed by atoms with van der Waals surface area (Å²) in [5.74, 6) is 9.94. The second-order valence-corrected chi connectivity index (χ2v) is 15.2. The van der Waals surface area contributed by atoms with Crippen LogP contribution in [0.3, 0.4) is 0 Å². The lowest BCUT2D eigenvalue weighted by atomic mass is 9.92. The van der Waals surface area contributed by atoms with Gasteiger partial charge >= 0.3 is 0 Å². The smallest absolute Gasteiger partial charge is 0.0333 e. The summed E-state index contributed by atoms with van der Waals surface area (Å²) in [6.45, 7) is 2.10. The van der Waals surface area contributed by atoms with Crippen molar-refractivity contribution in [2.45, 2.75) is 6.92 Å². The average Bonchev–Trinajstić information content (AvgIpc) is 3.31. The number of benzene rings is 9. The summed E-state index contributed by atoms with van der Waals surface area (Å²) in [7, 11) is 0. The van der Waals surface area contributed by atoms with Crippen LogP contribution >= 0.6 is 0 Å². The number of hydrogen-bond donors (Lipinski definition) is 0. The predicted molar refractivity (Wildman–Crippen MR) is 249 cm³/mol. The molecule has 0 heteroatoms. The summed E-state index contributed by atoms with van der Waals surface area (Å²) < 4.78 is 0. The molecule has 0 unspecified atom stereocenters. The molecule has 59 heavy (non-hydrogen) atoms. The van der Waals surface area contributed by atoms with Crippen LogP contribution in [-0.4, -0.2) is 0 Å². The standard InChI is InChI=1S/C59H38/c1-3-42-38-55-34-36-58(42)53-30-26-49(27-31-53)45-14-10-44(11-15-45)48-20-24-52(25-21-48)56-35-37-59(57(39-56)9-8-41-6-4-40(2)5-7-41)54-32-28-50(29-33-54)46-16-12-43(13-17-46)47-18-22-51(55)23-19-47/h1,4-7,10-39H,2H3. The molecule has 9 aromatic carbocycles. The first kappa shape index (κ1) is 35.5. The van der Waals surface area contributed by atoms with Crippen LogP contribution in [0.2, 0.25) is 0 Å². The van der Waals surface area contributed by atoms with Crippen molar-refractivity contribution >= 4 is 0 Å². The highest BCUT2D eigenvalue weighted by Gasteiger charge is 2.11. The summed E-state index contributed by atoms with van der Waals surface area (Å²) in [5.41, 5.74) is 22.4. The van der Waals surface area contributed by atoms with E-state index in [9.17, 15) is 0 Å². The molecule has 31 rings (SSSR count). The summed E-state index contributed by atoms with van der Waals surface area (Å²) in [6, 6.07) is 74.3. The Bertz CT molecular complexity index is 3070. The molecule has 0 fully saturated rings. The maximum Gasteiger partial charge on any atom is 0.0333 e. The molecule has 0 aliphatic heterocycles. The van der Waals surface area contributed by atoms with Crippen LogP contribution < -0.4 is 0 Å². The first-order chi connectivity index (χ1) is 29.0. The molecule has 0 saturated heterocycles. The minimum absolute atomic E-state index is 0.883. The zero-order valence-corrected chi connectivity index (χ0v) is 32.7. The maximum absolute atomic E-state index is 6.10. The van der Waals surface area contributed by atoms with Crippen LogP contribution in [0.1, 0.15) is 22.3 Å². The molecule has 0 aromatic heterocycles. The molecule has 0 N–H and O–H groups in total. The lowest BCUT2D eigenvalue weighted by Crippen LogP contribution is -1.89. The lowest BCUT2D eigenvalue weighted by molar-refractivity contribution is 1.46. The normalized spacial score (nSPS) is 11.0. The molecule has 16 bridgehead atoms. The van der Waals surface area contributed by atoms with Gasteiger partial charge in [0.25, 0.3) is 0 Å². The Morgan fingerprint density at radius 2 is 0.542 bits per heavy atom. The van der Waals surface area contributed by atoms with Gasteiger partial charge < -0.3 is 0 Å². The highest BCUT2D eigenvalue weighted by atomic mass is 14.2. The third kappa shape index (κ3) is 7.18. The van der Waals surface area contributed by atoms with Crippen LogP contribution in [0, 0.1) is 31.1 Å². The monoisotopic (exact) mass is 746 g/mol. The van der Waals surface area contributed by atoms with Crippen LogP contribution in [-0.2, 0) is 0 Å². The van der Waals surface area contributed by atoms with E-state index in [2.05, 4.69) is 231 Å². The Hall–Kier alpha value is -7.90. The Labute approximate surface area is 347 Å². The van der Waals surface area contributed by atoms with Crippen LogP contribution in [0.4, 0.5) is 0 Å². The van der Waals surface area contributed by atoms with Crippen molar-refractivity contribution in [3.8, 4) is 113 Å². The van der Waals surface area contributed by atoms with Gasteiger partial charge in [0.1, 0.15) is 0 Å². The van der Waals surface area contributed by atoms with Gasteiger partial charge in [-0.25, -0.2) is 0 Å². The second-order valence-electron chi connectivity index (χ2n) is 15.2. The summed E-state index contributed by atoms with van der Waals surface area (Å²) in [6.07, 6.45) is 6.10. The topological polar surface area (TPSA) is 0 Å². The van der Waals surface area contributed by atoms with E-state index < -0.39 is 0 Å². The zero-order valence-electron chi connectivity index (χ0n) is 32.7. The Kier molecular flexibility index (Phi) is 9.16. The van der Waals surface area contributed by atoms with E-state index in [0.717, 1.165) is 66.8 Å². The molecule has 0 heterocycles. The molecular formula is C59H38. The Morgan fingerprint density at radius 3 is 0.881 bits per heavy atom. The molecular weight excluding hydrogens is 709 g/mol. The number of rotatable bonds is 0. The molecule has 0 saturated carbocycles. The van der Waals surface area contributed by atoms with E-state index in [1.54, 1.807) is 0 Å². The molecule has 0 spiro atoms. The first-order valence-electron chi connectivity index (χ1n) is 20.0.